The van der Waals surface area contributed by atoms with Crippen molar-refractivity contribution in [3.05, 3.63) is 29.3 Å². The smallest absolute Gasteiger partial charge is 0.261 e. The van der Waals surface area contributed by atoms with E-state index >= 15 is 0 Å². The highest BCUT2D eigenvalue weighted by Crippen LogP contribution is 2.25. The number of hydrogen-bond donors (Lipinski definition) is 1. The molecule has 108 valence electrons. The van der Waals surface area contributed by atoms with Gasteiger partial charge >= 0.3 is 0 Å². The third-order valence-corrected chi connectivity index (χ3v) is 3.45. The summed E-state index contributed by atoms with van der Waals surface area (Å²) in [6.45, 7) is 3.57. The van der Waals surface area contributed by atoms with Crippen molar-refractivity contribution in [2.24, 2.45) is 11.8 Å². The van der Waals surface area contributed by atoms with E-state index in [2.05, 4.69) is 5.32 Å². The SMILES string of the molecule is CC(C)C(C#N)C(=O)Nc1ccc2c(c1)C(=O)N(C)C2=O. The lowest BCUT2D eigenvalue weighted by Crippen LogP contribution is -2.25. The Morgan fingerprint density at radius 1 is 1.24 bits per heavy atom. The van der Waals surface area contributed by atoms with E-state index in [1.807, 2.05) is 6.07 Å². The Labute approximate surface area is 122 Å². The summed E-state index contributed by atoms with van der Waals surface area (Å²) in [5.41, 5.74) is 0.982. The van der Waals surface area contributed by atoms with Crippen molar-refractivity contribution < 1.29 is 14.4 Å². The zero-order chi connectivity index (χ0) is 15.7. The van der Waals surface area contributed by atoms with Gasteiger partial charge in [-0.05, 0) is 24.1 Å². The Bertz CT molecular complexity index is 673. The maximum absolute atomic E-state index is 12.0. The van der Waals surface area contributed by atoms with Crippen molar-refractivity contribution in [2.75, 3.05) is 12.4 Å². The first-order chi connectivity index (χ1) is 9.86. The van der Waals surface area contributed by atoms with E-state index in [9.17, 15) is 14.4 Å². The molecule has 0 spiro atoms. The first kappa shape index (κ1) is 14.7. The zero-order valence-electron chi connectivity index (χ0n) is 12.0. The molecule has 1 aliphatic heterocycles. The van der Waals surface area contributed by atoms with Crippen molar-refractivity contribution in [3.63, 3.8) is 0 Å². The van der Waals surface area contributed by atoms with Gasteiger partial charge in [0.25, 0.3) is 11.8 Å². The quantitative estimate of drug-likeness (QED) is 0.855. The molecule has 0 fully saturated rings. The number of hydrogen-bond acceptors (Lipinski definition) is 4. The highest BCUT2D eigenvalue weighted by atomic mass is 16.2. The first-order valence-electron chi connectivity index (χ1n) is 6.53. The molecule has 1 aromatic carbocycles. The predicted molar refractivity (Wildman–Crippen MR) is 75.4 cm³/mol. The average molecular weight is 285 g/mol. The van der Waals surface area contributed by atoms with Crippen LogP contribution in [-0.2, 0) is 4.79 Å². The Morgan fingerprint density at radius 2 is 1.86 bits per heavy atom. The lowest BCUT2D eigenvalue weighted by atomic mass is 9.96. The molecule has 2 rings (SSSR count). The highest BCUT2D eigenvalue weighted by Gasteiger charge is 2.33. The molecule has 0 aliphatic carbocycles. The summed E-state index contributed by atoms with van der Waals surface area (Å²) in [7, 11) is 1.41. The van der Waals surface area contributed by atoms with E-state index in [4.69, 9.17) is 5.26 Å². The predicted octanol–water partition coefficient (Wildman–Crippen LogP) is 1.65. The van der Waals surface area contributed by atoms with Crippen LogP contribution in [0.5, 0.6) is 0 Å². The summed E-state index contributed by atoms with van der Waals surface area (Å²) in [5, 5.41) is 11.6. The second kappa shape index (κ2) is 5.37. The minimum Gasteiger partial charge on any atom is -0.325 e. The molecule has 0 radical (unpaired) electrons. The maximum atomic E-state index is 12.0. The number of anilines is 1. The van der Waals surface area contributed by atoms with E-state index in [0.717, 1.165) is 4.90 Å². The van der Waals surface area contributed by atoms with Crippen molar-refractivity contribution in [2.45, 2.75) is 13.8 Å². The Hall–Kier alpha value is -2.68. The van der Waals surface area contributed by atoms with E-state index < -0.39 is 17.7 Å². The average Bonchev–Trinajstić information content (AvgIpc) is 2.64. The molecule has 6 heteroatoms. The summed E-state index contributed by atoms with van der Waals surface area (Å²) in [5.74, 6) is -2.05. The van der Waals surface area contributed by atoms with Crippen LogP contribution >= 0.6 is 0 Å². The fraction of sp³-hybridized carbons (Fsp3) is 0.333. The molecule has 6 nitrogen and oxygen atoms in total. The Kier molecular flexibility index (Phi) is 3.76. The molecule has 1 heterocycles. The molecule has 1 atom stereocenters. The van der Waals surface area contributed by atoms with Gasteiger partial charge in [0.1, 0.15) is 5.92 Å². The number of imide groups is 1. The number of nitrogens with one attached hydrogen (secondary N) is 1. The van der Waals surface area contributed by atoms with Gasteiger partial charge in [0.15, 0.2) is 0 Å². The van der Waals surface area contributed by atoms with Crippen molar-refractivity contribution in [1.82, 2.24) is 4.90 Å². The fourth-order valence-corrected chi connectivity index (χ4v) is 2.17. The third-order valence-electron chi connectivity index (χ3n) is 3.45. The molecular formula is C15H15N3O3. The summed E-state index contributed by atoms with van der Waals surface area (Å²) in [4.78, 5) is 36.7. The van der Waals surface area contributed by atoms with Gasteiger partial charge in [-0.25, -0.2) is 0 Å². The van der Waals surface area contributed by atoms with Crippen LogP contribution in [0, 0.1) is 23.2 Å². The molecule has 0 saturated heterocycles. The number of carbonyl (C=O) groups excluding carboxylic acids is 3. The topological polar surface area (TPSA) is 90.3 Å². The second-order valence-electron chi connectivity index (χ2n) is 5.27. The minimum absolute atomic E-state index is 0.112. The molecule has 21 heavy (non-hydrogen) atoms. The molecule has 3 amide bonds. The van der Waals surface area contributed by atoms with E-state index in [-0.39, 0.29) is 17.4 Å². The second-order valence-corrected chi connectivity index (χ2v) is 5.27. The molecule has 1 aliphatic rings. The molecule has 0 aromatic heterocycles. The minimum atomic E-state index is -0.765. The van der Waals surface area contributed by atoms with Crippen LogP contribution in [0.2, 0.25) is 0 Å². The van der Waals surface area contributed by atoms with Crippen LogP contribution in [0.3, 0.4) is 0 Å². The molecule has 1 aromatic rings. The summed E-state index contributed by atoms with van der Waals surface area (Å²) in [6.07, 6.45) is 0. The van der Waals surface area contributed by atoms with E-state index in [1.54, 1.807) is 19.9 Å². The van der Waals surface area contributed by atoms with Crippen LogP contribution in [0.1, 0.15) is 34.6 Å². The van der Waals surface area contributed by atoms with Gasteiger partial charge in [0.05, 0.1) is 17.2 Å². The van der Waals surface area contributed by atoms with Crippen LogP contribution in [-0.4, -0.2) is 29.7 Å². The summed E-state index contributed by atoms with van der Waals surface area (Å²) >= 11 is 0. The van der Waals surface area contributed by atoms with Crippen LogP contribution in [0.15, 0.2) is 18.2 Å². The highest BCUT2D eigenvalue weighted by molar-refractivity contribution is 6.21. The summed E-state index contributed by atoms with van der Waals surface area (Å²) < 4.78 is 0. The van der Waals surface area contributed by atoms with Gasteiger partial charge < -0.3 is 5.32 Å². The van der Waals surface area contributed by atoms with Gasteiger partial charge in [0.2, 0.25) is 5.91 Å². The summed E-state index contributed by atoms with van der Waals surface area (Å²) in [6, 6.07) is 6.48. The standard InChI is InChI=1S/C15H15N3O3/c1-8(2)12(7-16)13(19)17-9-4-5-10-11(6-9)15(21)18(3)14(10)20/h4-6,8,12H,1-3H3,(H,17,19). The Morgan fingerprint density at radius 3 is 2.43 bits per heavy atom. The molecular weight excluding hydrogens is 270 g/mol. The zero-order valence-corrected chi connectivity index (χ0v) is 12.0. The fourth-order valence-electron chi connectivity index (χ4n) is 2.17. The van der Waals surface area contributed by atoms with Crippen molar-refractivity contribution in [1.29, 1.82) is 5.26 Å². The number of carbonyl (C=O) groups is 3. The van der Waals surface area contributed by atoms with E-state index in [0.29, 0.717) is 11.3 Å². The lowest BCUT2D eigenvalue weighted by Gasteiger charge is -2.13. The largest absolute Gasteiger partial charge is 0.325 e. The van der Waals surface area contributed by atoms with Gasteiger partial charge in [-0.15, -0.1) is 0 Å². The number of nitrogens with zero attached hydrogens (tertiary/aromatic N) is 2. The molecule has 0 saturated carbocycles. The molecule has 1 N–H and O–H groups in total. The monoisotopic (exact) mass is 285 g/mol. The molecule has 1 unspecified atom stereocenters. The van der Waals surface area contributed by atoms with Gasteiger partial charge in [-0.2, -0.15) is 5.26 Å². The first-order valence-corrected chi connectivity index (χ1v) is 6.53. The number of fused-ring (bicyclic) bond motifs is 1. The number of amides is 3. The van der Waals surface area contributed by atoms with Crippen LogP contribution in [0.25, 0.3) is 0 Å². The number of rotatable bonds is 3. The normalized spacial score (nSPS) is 14.9. The van der Waals surface area contributed by atoms with Gasteiger partial charge in [-0.1, -0.05) is 13.8 Å². The van der Waals surface area contributed by atoms with Gasteiger partial charge in [-0.3, -0.25) is 19.3 Å². The van der Waals surface area contributed by atoms with Crippen molar-refractivity contribution in [3.8, 4) is 6.07 Å². The van der Waals surface area contributed by atoms with Crippen LogP contribution in [0.4, 0.5) is 5.69 Å². The van der Waals surface area contributed by atoms with Crippen LogP contribution < -0.4 is 5.32 Å². The molecule has 0 bridgehead atoms. The van der Waals surface area contributed by atoms with Gasteiger partial charge in [0, 0.05) is 12.7 Å². The maximum Gasteiger partial charge on any atom is 0.261 e. The Balaban J connectivity index is 2.26. The van der Waals surface area contributed by atoms with E-state index in [1.165, 1.54) is 19.2 Å². The number of nitriles is 1. The number of benzene rings is 1. The third kappa shape index (κ3) is 2.50. The van der Waals surface area contributed by atoms with Crippen molar-refractivity contribution >= 4 is 23.4 Å². The lowest BCUT2D eigenvalue weighted by molar-refractivity contribution is -0.119.